The third-order valence-electron chi connectivity index (χ3n) is 13.3. The zero-order valence-corrected chi connectivity index (χ0v) is 34.9. The van der Waals surface area contributed by atoms with Crippen molar-refractivity contribution < 1.29 is 37.1 Å². The average molecular weight is 882 g/mol. The maximum atomic E-state index is 15.4. The summed E-state index contributed by atoms with van der Waals surface area (Å²) in [6.07, 6.45) is 0.214. The largest absolute Gasteiger partial charge is 0.417 e. The highest BCUT2D eigenvalue weighted by Gasteiger charge is 2.40. The van der Waals surface area contributed by atoms with E-state index in [4.69, 9.17) is 5.26 Å². The Morgan fingerprint density at radius 3 is 2.41 bits per heavy atom. The molecule has 9 rings (SSSR count). The highest BCUT2D eigenvalue weighted by atomic mass is 19.4. The van der Waals surface area contributed by atoms with Gasteiger partial charge in [-0.15, -0.1) is 0 Å². The molecule has 4 aromatic rings. The number of nitriles is 1. The van der Waals surface area contributed by atoms with Crippen molar-refractivity contribution in [1.82, 2.24) is 35.4 Å². The summed E-state index contributed by atoms with van der Waals surface area (Å²) in [7, 11) is 0. The Balaban J connectivity index is 0.728. The molecular weight excluding hydrogens is 835 g/mol. The van der Waals surface area contributed by atoms with Gasteiger partial charge in [0.25, 0.3) is 5.91 Å². The summed E-state index contributed by atoms with van der Waals surface area (Å²) in [5, 5.41) is 28.6. The number of rotatable bonds is 9. The van der Waals surface area contributed by atoms with Crippen molar-refractivity contribution in [2.24, 2.45) is 5.92 Å². The predicted octanol–water partition coefficient (Wildman–Crippen LogP) is 4.93. The SMILES string of the molecule is N#Cc1ccc(N2CCc3c(ncnc3Nc3ccc(C(=O)NC4CCC(CN5CCN(c6ccc7c(c6)CN(C6CCC(=O)NC6=O)C7O)CC5)CC4)c(F)n3)C2)cc1C(F)(F)F. The maximum absolute atomic E-state index is 15.4. The number of alkyl halides is 3. The quantitative estimate of drug-likeness (QED) is 0.101. The van der Waals surface area contributed by atoms with Gasteiger partial charge in [-0.2, -0.15) is 22.8 Å². The second-order valence-electron chi connectivity index (χ2n) is 17.2. The number of aromatic nitrogens is 3. The van der Waals surface area contributed by atoms with Crippen LogP contribution < -0.4 is 25.8 Å². The van der Waals surface area contributed by atoms with Crippen LogP contribution in [0.2, 0.25) is 0 Å². The first-order valence-electron chi connectivity index (χ1n) is 21.6. The number of fused-ring (bicyclic) bond motifs is 2. The zero-order chi connectivity index (χ0) is 44.7. The number of imide groups is 1. The lowest BCUT2D eigenvalue weighted by atomic mass is 9.85. The number of benzene rings is 2. The number of piperidine rings is 1. The molecule has 4 aliphatic heterocycles. The summed E-state index contributed by atoms with van der Waals surface area (Å²) in [6, 6.07) is 13.5. The summed E-state index contributed by atoms with van der Waals surface area (Å²) in [6.45, 7) is 5.47. The van der Waals surface area contributed by atoms with Crippen LogP contribution in [-0.2, 0) is 35.3 Å². The molecule has 2 saturated heterocycles. The van der Waals surface area contributed by atoms with E-state index in [1.54, 1.807) is 15.9 Å². The van der Waals surface area contributed by atoms with Gasteiger partial charge in [-0.3, -0.25) is 29.5 Å². The van der Waals surface area contributed by atoms with Crippen LogP contribution in [0, 0.1) is 23.2 Å². The molecule has 0 bridgehead atoms. The third-order valence-corrected chi connectivity index (χ3v) is 13.3. The van der Waals surface area contributed by atoms with Crippen LogP contribution in [0.3, 0.4) is 0 Å². The van der Waals surface area contributed by atoms with Crippen LogP contribution in [0.1, 0.15) is 88.6 Å². The van der Waals surface area contributed by atoms with Crippen molar-refractivity contribution in [2.75, 3.05) is 54.4 Å². The molecule has 3 amide bonds. The molecule has 1 aliphatic carbocycles. The number of carbonyl (C=O) groups excluding carboxylic acids is 3. The van der Waals surface area contributed by atoms with E-state index in [1.807, 2.05) is 12.1 Å². The van der Waals surface area contributed by atoms with E-state index < -0.39 is 41.4 Å². The Bertz CT molecular complexity index is 2500. The zero-order valence-electron chi connectivity index (χ0n) is 34.9. The van der Waals surface area contributed by atoms with Gasteiger partial charge in [0.05, 0.1) is 41.0 Å². The van der Waals surface area contributed by atoms with Gasteiger partial charge in [0.2, 0.25) is 17.8 Å². The molecule has 2 unspecified atom stereocenters. The number of halogens is 4. The number of piperazine rings is 1. The van der Waals surface area contributed by atoms with E-state index in [-0.39, 0.29) is 42.2 Å². The van der Waals surface area contributed by atoms with Gasteiger partial charge >= 0.3 is 6.18 Å². The molecule has 334 valence electrons. The fourth-order valence-corrected chi connectivity index (χ4v) is 9.76. The Kier molecular flexibility index (Phi) is 11.9. The first-order valence-corrected chi connectivity index (χ1v) is 21.6. The van der Waals surface area contributed by atoms with Crippen molar-refractivity contribution in [3.63, 3.8) is 0 Å². The minimum Gasteiger partial charge on any atom is -0.374 e. The molecule has 4 N–H and O–H groups in total. The second kappa shape index (κ2) is 17.7. The van der Waals surface area contributed by atoms with E-state index in [0.29, 0.717) is 54.6 Å². The summed E-state index contributed by atoms with van der Waals surface area (Å²) < 4.78 is 56.2. The average Bonchev–Trinajstić information content (AvgIpc) is 3.61. The van der Waals surface area contributed by atoms with Gasteiger partial charge < -0.3 is 25.5 Å². The summed E-state index contributed by atoms with van der Waals surface area (Å²) in [4.78, 5) is 58.3. The fourth-order valence-electron chi connectivity index (χ4n) is 9.76. The summed E-state index contributed by atoms with van der Waals surface area (Å²) in [5.41, 5.74) is 2.85. The molecular formula is C45H47F4N11O4. The van der Waals surface area contributed by atoms with E-state index in [9.17, 15) is 32.7 Å². The normalized spacial score (nSPS) is 22.9. The molecule has 0 spiro atoms. The monoisotopic (exact) mass is 881 g/mol. The van der Waals surface area contributed by atoms with Gasteiger partial charge in [-0.1, -0.05) is 6.07 Å². The number of hydrogen-bond acceptors (Lipinski definition) is 13. The number of aliphatic hydroxyl groups is 1. The van der Waals surface area contributed by atoms with E-state index in [1.165, 1.54) is 24.5 Å². The summed E-state index contributed by atoms with van der Waals surface area (Å²) >= 11 is 0. The van der Waals surface area contributed by atoms with E-state index in [0.717, 1.165) is 87.4 Å². The van der Waals surface area contributed by atoms with Crippen molar-refractivity contribution >= 4 is 40.7 Å². The highest BCUT2D eigenvalue weighted by molar-refractivity contribution is 6.00. The Labute approximate surface area is 366 Å². The molecule has 2 atom stereocenters. The molecule has 19 heteroatoms. The number of anilines is 4. The maximum Gasteiger partial charge on any atom is 0.417 e. The third kappa shape index (κ3) is 8.94. The molecule has 3 fully saturated rings. The van der Waals surface area contributed by atoms with Gasteiger partial charge in [0, 0.05) is 80.8 Å². The first kappa shape index (κ1) is 43.0. The number of hydrogen-bond donors (Lipinski definition) is 4. The lowest BCUT2D eigenvalue weighted by Crippen LogP contribution is -2.51. The molecule has 6 heterocycles. The Morgan fingerprint density at radius 1 is 0.906 bits per heavy atom. The standard InChI is InChI=1S/C45H47F4N11O4/c46-40-34(9-11-38(54-40)55-41-33-13-14-59(24-36(33)51-25-52-41)31-6-3-27(21-50)35(20-31)45(47,48)49)42(62)53-29-4-1-26(2-5-29)22-57-15-17-58(18-16-57)30-7-8-32-28(19-30)23-60(44(32)64)37-10-12-39(61)56-43(37)63/h3,6-9,11,19-20,25-26,29,37,44,64H,1-2,4-5,10,12-18,22-24H2,(H,53,62)(H,56,61,63)(H,51,52,54,55). The molecule has 5 aliphatic rings. The number of carbonyl (C=O) groups is 3. The number of nitrogens with zero attached hydrogens (tertiary/aromatic N) is 8. The van der Waals surface area contributed by atoms with E-state index in [2.05, 4.69) is 46.8 Å². The molecule has 64 heavy (non-hydrogen) atoms. The number of amides is 3. The minimum atomic E-state index is -4.68. The predicted molar refractivity (Wildman–Crippen MR) is 225 cm³/mol. The van der Waals surface area contributed by atoms with Crippen molar-refractivity contribution in [3.8, 4) is 6.07 Å². The lowest BCUT2D eigenvalue weighted by Gasteiger charge is -2.39. The van der Waals surface area contributed by atoms with Crippen LogP contribution in [0.4, 0.5) is 40.6 Å². The lowest BCUT2D eigenvalue weighted by molar-refractivity contribution is -0.142. The number of aliphatic hydroxyl groups excluding tert-OH is 1. The van der Waals surface area contributed by atoms with Gasteiger partial charge in [-0.25, -0.2) is 15.0 Å². The minimum absolute atomic E-state index is 0.0847. The van der Waals surface area contributed by atoms with Crippen LogP contribution >= 0.6 is 0 Å². The van der Waals surface area contributed by atoms with Gasteiger partial charge in [0.1, 0.15) is 24.2 Å². The van der Waals surface area contributed by atoms with Crippen LogP contribution in [0.5, 0.6) is 0 Å². The van der Waals surface area contributed by atoms with Crippen LogP contribution in [0.25, 0.3) is 0 Å². The first-order chi connectivity index (χ1) is 30.8. The highest BCUT2D eigenvalue weighted by Crippen LogP contribution is 2.39. The van der Waals surface area contributed by atoms with Crippen molar-refractivity contribution in [2.45, 2.75) is 82.5 Å². The molecule has 1 saturated carbocycles. The van der Waals surface area contributed by atoms with Crippen molar-refractivity contribution in [3.05, 3.63) is 99.9 Å². The molecule has 0 radical (unpaired) electrons. The smallest absolute Gasteiger partial charge is 0.374 e. The van der Waals surface area contributed by atoms with Gasteiger partial charge in [0.15, 0.2) is 0 Å². The Morgan fingerprint density at radius 2 is 1.67 bits per heavy atom. The summed E-state index contributed by atoms with van der Waals surface area (Å²) in [5.74, 6) is -1.11. The molecule has 15 nitrogen and oxygen atoms in total. The topological polar surface area (TPSA) is 183 Å². The van der Waals surface area contributed by atoms with Crippen LogP contribution in [0.15, 0.2) is 54.9 Å². The van der Waals surface area contributed by atoms with E-state index >= 15 is 4.39 Å². The number of nitrogens with one attached hydrogen (secondary N) is 3. The molecule has 2 aromatic carbocycles. The van der Waals surface area contributed by atoms with Gasteiger partial charge in [-0.05, 0) is 92.5 Å². The van der Waals surface area contributed by atoms with Crippen molar-refractivity contribution in [1.29, 1.82) is 5.26 Å². The second-order valence-corrected chi connectivity index (χ2v) is 17.2. The fraction of sp³-hybridized carbons (Fsp3) is 0.444. The Hall–Kier alpha value is -6.23. The molecule has 2 aromatic heterocycles. The number of pyridine rings is 1. The van der Waals surface area contributed by atoms with Crippen LogP contribution in [-0.4, -0.2) is 98.9 Å².